The fraction of sp³-hybridized carbons (Fsp3) is 0.160. The van der Waals surface area contributed by atoms with Crippen LogP contribution in [-0.4, -0.2) is 36.4 Å². The van der Waals surface area contributed by atoms with E-state index in [-0.39, 0.29) is 12.3 Å². The topological polar surface area (TPSA) is 83.9 Å². The lowest BCUT2D eigenvalue weighted by Gasteiger charge is -2.27. The predicted molar refractivity (Wildman–Crippen MR) is 115 cm³/mol. The molecule has 0 spiro atoms. The Hall–Kier alpha value is -3.77. The van der Waals surface area contributed by atoms with Crippen LogP contribution in [0.5, 0.6) is 0 Å². The number of ether oxygens (including phenoxy) is 1. The van der Waals surface area contributed by atoms with E-state index in [4.69, 9.17) is 4.74 Å². The first-order valence-corrected chi connectivity index (χ1v) is 9.84. The van der Waals surface area contributed by atoms with Gasteiger partial charge in [0, 0.05) is 18.3 Å². The molecule has 0 saturated carbocycles. The number of carbonyl (C=O) groups excluding carboxylic acids is 3. The van der Waals surface area contributed by atoms with Crippen molar-refractivity contribution < 1.29 is 24.2 Å². The maximum absolute atomic E-state index is 13.0. The van der Waals surface area contributed by atoms with Gasteiger partial charge in [0.25, 0.3) is 0 Å². The molecule has 1 heterocycles. The zero-order valence-electron chi connectivity index (χ0n) is 16.9. The minimum Gasteiger partial charge on any atom is -0.455 e. The van der Waals surface area contributed by atoms with Gasteiger partial charge in [-0.1, -0.05) is 60.7 Å². The van der Waals surface area contributed by atoms with Crippen LogP contribution in [0.15, 0.2) is 78.9 Å². The smallest absolute Gasteiger partial charge is 0.348 e. The highest BCUT2D eigenvalue weighted by Gasteiger charge is 2.41. The van der Waals surface area contributed by atoms with E-state index in [0.717, 1.165) is 11.3 Å². The van der Waals surface area contributed by atoms with Crippen molar-refractivity contribution in [2.24, 2.45) is 0 Å². The van der Waals surface area contributed by atoms with E-state index >= 15 is 0 Å². The molecule has 1 N–H and O–H groups in total. The number of Topliss-reactive ketones (excluding diaryl/α,β-unsaturated/α-hetero) is 1. The van der Waals surface area contributed by atoms with Gasteiger partial charge in [-0.2, -0.15) is 0 Å². The van der Waals surface area contributed by atoms with Gasteiger partial charge < -0.3 is 14.7 Å². The molecule has 6 heteroatoms. The first-order chi connectivity index (χ1) is 14.9. The number of esters is 1. The van der Waals surface area contributed by atoms with Crippen LogP contribution < -0.4 is 4.90 Å². The van der Waals surface area contributed by atoms with Gasteiger partial charge >= 0.3 is 5.97 Å². The lowest BCUT2D eigenvalue weighted by Crippen LogP contribution is -2.39. The van der Waals surface area contributed by atoms with E-state index in [2.05, 4.69) is 0 Å². The number of rotatable bonds is 6. The number of aliphatic hydroxyl groups is 1. The summed E-state index contributed by atoms with van der Waals surface area (Å²) in [5.74, 6) is -1.39. The van der Waals surface area contributed by atoms with Crippen LogP contribution in [0, 0.1) is 0 Å². The Morgan fingerprint density at radius 3 is 2.13 bits per heavy atom. The van der Waals surface area contributed by atoms with Crippen molar-refractivity contribution in [2.45, 2.75) is 12.0 Å². The quantitative estimate of drug-likeness (QED) is 0.494. The molecule has 0 aromatic heterocycles. The van der Waals surface area contributed by atoms with Crippen LogP contribution in [0.2, 0.25) is 0 Å². The summed E-state index contributed by atoms with van der Waals surface area (Å²) in [5.41, 5.74) is 0.513. The van der Waals surface area contributed by atoms with Crippen LogP contribution in [0.25, 0.3) is 0 Å². The Labute approximate surface area is 179 Å². The van der Waals surface area contributed by atoms with Crippen molar-refractivity contribution >= 4 is 23.3 Å². The number of benzene rings is 3. The number of fused-ring (bicyclic) bond motifs is 1. The number of anilines is 1. The average molecular weight is 415 g/mol. The fourth-order valence-corrected chi connectivity index (χ4v) is 3.72. The first kappa shape index (κ1) is 20.5. The zero-order chi connectivity index (χ0) is 22.0. The van der Waals surface area contributed by atoms with Crippen molar-refractivity contribution in [1.82, 2.24) is 0 Å². The molecule has 0 saturated heterocycles. The van der Waals surface area contributed by atoms with Crippen LogP contribution in [-0.2, 0) is 26.3 Å². The summed E-state index contributed by atoms with van der Waals surface area (Å²) in [6.07, 6.45) is 0.231. The number of carbonyl (C=O) groups is 3. The van der Waals surface area contributed by atoms with Gasteiger partial charge in [-0.25, -0.2) is 4.79 Å². The third-order valence-corrected chi connectivity index (χ3v) is 5.49. The van der Waals surface area contributed by atoms with E-state index in [9.17, 15) is 19.5 Å². The third kappa shape index (κ3) is 3.73. The van der Waals surface area contributed by atoms with Crippen molar-refractivity contribution in [3.8, 4) is 0 Å². The Bertz CT molecular complexity index is 1100. The van der Waals surface area contributed by atoms with Gasteiger partial charge in [0.15, 0.2) is 12.4 Å². The first-order valence-electron chi connectivity index (χ1n) is 9.84. The second kappa shape index (κ2) is 8.16. The minimum atomic E-state index is -2.05. The van der Waals surface area contributed by atoms with Crippen LogP contribution in [0.4, 0.5) is 5.69 Å². The summed E-state index contributed by atoms with van der Waals surface area (Å²) >= 11 is 0. The molecule has 4 rings (SSSR count). The fourth-order valence-electron chi connectivity index (χ4n) is 3.72. The van der Waals surface area contributed by atoms with Gasteiger partial charge in [0.1, 0.15) is 0 Å². The molecule has 1 amide bonds. The summed E-state index contributed by atoms with van der Waals surface area (Å²) in [6, 6.07) is 21.9. The normalized spacial score (nSPS) is 13.1. The molecule has 1 aliphatic rings. The van der Waals surface area contributed by atoms with Crippen molar-refractivity contribution in [3.63, 3.8) is 0 Å². The molecule has 31 heavy (non-hydrogen) atoms. The molecule has 3 aromatic carbocycles. The van der Waals surface area contributed by atoms with Crippen LogP contribution >= 0.6 is 0 Å². The van der Waals surface area contributed by atoms with Crippen molar-refractivity contribution in [2.75, 3.05) is 18.6 Å². The maximum atomic E-state index is 13.0. The Balaban J connectivity index is 1.55. The van der Waals surface area contributed by atoms with Gasteiger partial charge in [0.05, 0.1) is 6.42 Å². The van der Waals surface area contributed by atoms with Crippen LogP contribution in [0.1, 0.15) is 27.0 Å². The average Bonchev–Trinajstić information content (AvgIpc) is 3.10. The summed E-state index contributed by atoms with van der Waals surface area (Å²) in [5, 5.41) is 11.4. The lowest BCUT2D eigenvalue weighted by molar-refractivity contribution is -0.160. The molecule has 0 radical (unpaired) electrons. The maximum Gasteiger partial charge on any atom is 0.348 e. The molecule has 0 unspecified atom stereocenters. The number of amides is 1. The highest BCUT2D eigenvalue weighted by molar-refractivity contribution is 6.04. The monoisotopic (exact) mass is 415 g/mol. The van der Waals surface area contributed by atoms with Crippen molar-refractivity contribution in [3.05, 3.63) is 101 Å². The van der Waals surface area contributed by atoms with E-state index in [1.807, 2.05) is 0 Å². The van der Waals surface area contributed by atoms with E-state index in [0.29, 0.717) is 16.7 Å². The number of hydrogen-bond acceptors (Lipinski definition) is 5. The number of ketones is 1. The number of likely N-dealkylation sites (N-methyl/N-ethyl adjacent to an activating group) is 1. The Morgan fingerprint density at radius 1 is 0.968 bits per heavy atom. The zero-order valence-corrected chi connectivity index (χ0v) is 16.9. The number of hydrogen-bond donors (Lipinski definition) is 1. The van der Waals surface area contributed by atoms with Gasteiger partial charge in [-0.3, -0.25) is 9.59 Å². The summed E-state index contributed by atoms with van der Waals surface area (Å²) < 4.78 is 5.28. The lowest BCUT2D eigenvalue weighted by atomic mass is 9.86. The second-order valence-corrected chi connectivity index (χ2v) is 7.41. The van der Waals surface area contributed by atoms with E-state index in [1.165, 1.54) is 0 Å². The molecule has 3 aromatic rings. The van der Waals surface area contributed by atoms with E-state index in [1.54, 1.807) is 90.8 Å². The summed E-state index contributed by atoms with van der Waals surface area (Å²) in [4.78, 5) is 39.0. The van der Waals surface area contributed by atoms with E-state index < -0.39 is 24.0 Å². The Morgan fingerprint density at radius 2 is 1.55 bits per heavy atom. The molecular formula is C25H21NO5. The molecule has 0 atom stereocenters. The Kier molecular flexibility index (Phi) is 5.40. The third-order valence-electron chi connectivity index (χ3n) is 5.49. The molecule has 156 valence electrons. The largest absolute Gasteiger partial charge is 0.455 e. The molecule has 0 bridgehead atoms. The molecular weight excluding hydrogens is 394 g/mol. The SMILES string of the molecule is CN1C(=O)Cc2cc(C(=O)COC(=O)C(O)(c3ccccc3)c3ccccc3)ccc21. The molecule has 6 nitrogen and oxygen atoms in total. The highest BCUT2D eigenvalue weighted by Crippen LogP contribution is 2.31. The minimum absolute atomic E-state index is 0.0400. The van der Waals surface area contributed by atoms with Crippen LogP contribution in [0.3, 0.4) is 0 Å². The standard InChI is InChI=1S/C25H21NO5/c1-26-21-13-12-17(14-18(21)15-23(26)28)22(27)16-31-24(29)25(30,19-8-4-2-5-9-19)20-10-6-3-7-11-20/h2-14,30H,15-16H2,1H3. The highest BCUT2D eigenvalue weighted by atomic mass is 16.6. The molecule has 1 aliphatic heterocycles. The summed E-state index contributed by atoms with van der Waals surface area (Å²) in [6.45, 7) is -0.524. The number of nitrogens with zero attached hydrogens (tertiary/aromatic N) is 1. The second-order valence-electron chi connectivity index (χ2n) is 7.41. The van der Waals surface area contributed by atoms with Gasteiger partial charge in [0.2, 0.25) is 11.5 Å². The van der Waals surface area contributed by atoms with Gasteiger partial charge in [-0.15, -0.1) is 0 Å². The summed E-state index contributed by atoms with van der Waals surface area (Å²) in [7, 11) is 1.69. The predicted octanol–water partition coefficient (Wildman–Crippen LogP) is 2.87. The van der Waals surface area contributed by atoms with Gasteiger partial charge in [-0.05, 0) is 34.9 Å². The van der Waals surface area contributed by atoms with Crippen molar-refractivity contribution in [1.29, 1.82) is 0 Å². The molecule has 0 aliphatic carbocycles. The molecule has 0 fully saturated rings.